The lowest BCUT2D eigenvalue weighted by Gasteiger charge is -2.13. The SMILES string of the molecule is CC(C)(C)c1ncc(CNCC(O)c2ccc(F)cc2)s1. The van der Waals surface area contributed by atoms with Crippen molar-refractivity contribution < 1.29 is 9.50 Å². The van der Waals surface area contributed by atoms with Gasteiger partial charge in [0.05, 0.1) is 11.1 Å². The van der Waals surface area contributed by atoms with Crippen molar-refractivity contribution in [2.75, 3.05) is 6.54 Å². The van der Waals surface area contributed by atoms with Crippen molar-refractivity contribution in [1.29, 1.82) is 0 Å². The highest BCUT2D eigenvalue weighted by Gasteiger charge is 2.17. The van der Waals surface area contributed by atoms with E-state index >= 15 is 0 Å². The van der Waals surface area contributed by atoms with Crippen molar-refractivity contribution in [3.8, 4) is 0 Å². The minimum absolute atomic E-state index is 0.0660. The zero-order valence-corrected chi connectivity index (χ0v) is 13.4. The Morgan fingerprint density at radius 3 is 2.52 bits per heavy atom. The molecule has 0 spiro atoms. The molecule has 1 aromatic carbocycles. The molecule has 1 atom stereocenters. The van der Waals surface area contributed by atoms with E-state index in [0.29, 0.717) is 18.7 Å². The van der Waals surface area contributed by atoms with Gasteiger partial charge in [-0.15, -0.1) is 11.3 Å². The van der Waals surface area contributed by atoms with Crippen LogP contribution < -0.4 is 5.32 Å². The number of benzene rings is 1. The third-order valence-corrected chi connectivity index (χ3v) is 4.51. The van der Waals surface area contributed by atoms with Crippen LogP contribution in [0.1, 0.15) is 42.3 Å². The third-order valence-electron chi connectivity index (χ3n) is 3.09. The van der Waals surface area contributed by atoms with Gasteiger partial charge < -0.3 is 10.4 Å². The molecule has 114 valence electrons. The molecule has 0 saturated heterocycles. The largest absolute Gasteiger partial charge is 0.387 e. The van der Waals surface area contributed by atoms with Gasteiger partial charge in [-0.25, -0.2) is 9.37 Å². The maximum Gasteiger partial charge on any atom is 0.123 e. The second-order valence-electron chi connectivity index (χ2n) is 6.08. The van der Waals surface area contributed by atoms with Crippen LogP contribution in [0.2, 0.25) is 0 Å². The lowest BCUT2D eigenvalue weighted by Crippen LogP contribution is -2.20. The highest BCUT2D eigenvalue weighted by Crippen LogP contribution is 2.26. The van der Waals surface area contributed by atoms with Crippen LogP contribution in [0.5, 0.6) is 0 Å². The highest BCUT2D eigenvalue weighted by molar-refractivity contribution is 7.11. The summed E-state index contributed by atoms with van der Waals surface area (Å²) in [4.78, 5) is 5.57. The van der Waals surface area contributed by atoms with Gasteiger partial charge in [-0.2, -0.15) is 0 Å². The molecule has 21 heavy (non-hydrogen) atoms. The summed E-state index contributed by atoms with van der Waals surface area (Å²) in [5.74, 6) is -0.293. The molecule has 0 amide bonds. The van der Waals surface area contributed by atoms with E-state index in [-0.39, 0.29) is 11.2 Å². The van der Waals surface area contributed by atoms with Gasteiger partial charge >= 0.3 is 0 Å². The van der Waals surface area contributed by atoms with Crippen molar-refractivity contribution in [2.24, 2.45) is 0 Å². The molecule has 1 heterocycles. The first-order chi connectivity index (χ1) is 9.86. The monoisotopic (exact) mass is 308 g/mol. The molecule has 2 N–H and O–H groups in total. The molecule has 0 aliphatic carbocycles. The average Bonchev–Trinajstić information content (AvgIpc) is 2.88. The number of nitrogens with zero attached hydrogens (tertiary/aromatic N) is 1. The molecule has 0 radical (unpaired) electrons. The average molecular weight is 308 g/mol. The Bertz CT molecular complexity index is 575. The molecule has 1 unspecified atom stereocenters. The van der Waals surface area contributed by atoms with E-state index < -0.39 is 6.10 Å². The maximum absolute atomic E-state index is 12.8. The van der Waals surface area contributed by atoms with E-state index in [1.54, 1.807) is 23.5 Å². The third kappa shape index (κ3) is 4.59. The highest BCUT2D eigenvalue weighted by atomic mass is 32.1. The van der Waals surface area contributed by atoms with Crippen molar-refractivity contribution in [1.82, 2.24) is 10.3 Å². The summed E-state index contributed by atoms with van der Waals surface area (Å²) in [5.41, 5.74) is 0.778. The van der Waals surface area contributed by atoms with Gasteiger partial charge in [-0.3, -0.25) is 0 Å². The number of aromatic nitrogens is 1. The van der Waals surface area contributed by atoms with Crippen LogP contribution in [-0.4, -0.2) is 16.6 Å². The van der Waals surface area contributed by atoms with Gasteiger partial charge in [0.2, 0.25) is 0 Å². The van der Waals surface area contributed by atoms with Crippen LogP contribution in [0.15, 0.2) is 30.5 Å². The molecule has 0 aliphatic rings. The van der Waals surface area contributed by atoms with E-state index in [0.717, 1.165) is 9.88 Å². The zero-order valence-electron chi connectivity index (χ0n) is 12.6. The van der Waals surface area contributed by atoms with Gasteiger partial charge in [0, 0.05) is 29.6 Å². The van der Waals surface area contributed by atoms with Crippen LogP contribution in [0.3, 0.4) is 0 Å². The van der Waals surface area contributed by atoms with E-state index in [1.165, 1.54) is 12.1 Å². The number of aliphatic hydroxyl groups excluding tert-OH is 1. The Hall–Kier alpha value is -1.30. The van der Waals surface area contributed by atoms with Crippen molar-refractivity contribution in [3.63, 3.8) is 0 Å². The van der Waals surface area contributed by atoms with Crippen LogP contribution in [0.4, 0.5) is 4.39 Å². The fourth-order valence-corrected chi connectivity index (χ4v) is 2.81. The topological polar surface area (TPSA) is 45.2 Å². The van der Waals surface area contributed by atoms with E-state index in [1.807, 2.05) is 6.20 Å². The van der Waals surface area contributed by atoms with E-state index in [4.69, 9.17) is 0 Å². The quantitative estimate of drug-likeness (QED) is 0.890. The van der Waals surface area contributed by atoms with Gasteiger partial charge in [-0.05, 0) is 17.7 Å². The van der Waals surface area contributed by atoms with Gasteiger partial charge in [0.15, 0.2) is 0 Å². The molecule has 0 bridgehead atoms. The Morgan fingerprint density at radius 1 is 1.29 bits per heavy atom. The standard InChI is InChI=1S/C16H21FN2OS/c1-16(2,3)15-19-9-13(21-15)8-18-10-14(20)11-4-6-12(17)7-5-11/h4-7,9,14,18,20H,8,10H2,1-3H3. The van der Waals surface area contributed by atoms with Crippen LogP contribution in [0, 0.1) is 5.82 Å². The molecule has 2 aromatic rings. The first kappa shape index (κ1) is 16.1. The summed E-state index contributed by atoms with van der Waals surface area (Å²) in [7, 11) is 0. The predicted molar refractivity (Wildman–Crippen MR) is 83.9 cm³/mol. The predicted octanol–water partition coefficient (Wildman–Crippen LogP) is 3.40. The van der Waals surface area contributed by atoms with Crippen molar-refractivity contribution in [2.45, 2.75) is 38.8 Å². The number of thiazole rings is 1. The first-order valence-electron chi connectivity index (χ1n) is 6.95. The number of nitrogens with one attached hydrogen (secondary N) is 1. The number of aliphatic hydroxyl groups is 1. The van der Waals surface area contributed by atoms with Crippen molar-refractivity contribution in [3.05, 3.63) is 51.7 Å². The zero-order chi connectivity index (χ0) is 15.5. The lowest BCUT2D eigenvalue weighted by atomic mass is 9.98. The summed E-state index contributed by atoms with van der Waals surface area (Å²) in [6.45, 7) is 7.52. The van der Waals surface area contributed by atoms with Crippen LogP contribution in [0.25, 0.3) is 0 Å². The molecule has 3 nitrogen and oxygen atoms in total. The lowest BCUT2D eigenvalue weighted by molar-refractivity contribution is 0.174. The van der Waals surface area contributed by atoms with E-state index in [9.17, 15) is 9.50 Å². The Labute approximate surface area is 128 Å². The van der Waals surface area contributed by atoms with E-state index in [2.05, 4.69) is 31.1 Å². The summed E-state index contributed by atoms with van der Waals surface area (Å²) in [6, 6.07) is 5.92. The van der Waals surface area contributed by atoms with Gasteiger partial charge in [0.1, 0.15) is 5.82 Å². The Kier molecular flexibility index (Phi) is 5.08. The van der Waals surface area contributed by atoms with Crippen LogP contribution in [-0.2, 0) is 12.0 Å². The summed E-state index contributed by atoms with van der Waals surface area (Å²) >= 11 is 1.68. The summed E-state index contributed by atoms with van der Waals surface area (Å²) < 4.78 is 12.8. The normalized spacial score (nSPS) is 13.4. The van der Waals surface area contributed by atoms with Crippen molar-refractivity contribution >= 4 is 11.3 Å². The molecule has 0 fully saturated rings. The fraction of sp³-hybridized carbons (Fsp3) is 0.438. The minimum Gasteiger partial charge on any atom is -0.387 e. The maximum atomic E-state index is 12.8. The molecule has 5 heteroatoms. The second kappa shape index (κ2) is 6.64. The number of hydrogen-bond acceptors (Lipinski definition) is 4. The number of halogens is 1. The smallest absolute Gasteiger partial charge is 0.123 e. The van der Waals surface area contributed by atoms with Gasteiger partial charge in [-0.1, -0.05) is 32.9 Å². The second-order valence-corrected chi connectivity index (χ2v) is 7.20. The number of rotatable bonds is 5. The fourth-order valence-electron chi connectivity index (χ4n) is 1.87. The van der Waals surface area contributed by atoms with Crippen LogP contribution >= 0.6 is 11.3 Å². The van der Waals surface area contributed by atoms with Gasteiger partial charge in [0.25, 0.3) is 0 Å². The molecular weight excluding hydrogens is 287 g/mol. The number of hydrogen-bond donors (Lipinski definition) is 2. The molecule has 2 rings (SSSR count). The summed E-state index contributed by atoms with van der Waals surface area (Å²) in [5, 5.41) is 14.3. The minimum atomic E-state index is -0.638. The molecule has 1 aromatic heterocycles. The molecular formula is C16H21FN2OS. The Balaban J connectivity index is 1.84. The first-order valence-corrected chi connectivity index (χ1v) is 7.77. The Morgan fingerprint density at radius 2 is 1.95 bits per heavy atom. The summed E-state index contributed by atoms with van der Waals surface area (Å²) in [6.07, 6.45) is 1.24. The molecule has 0 saturated carbocycles. The molecule has 0 aliphatic heterocycles.